The molecule has 0 amide bonds. The third-order valence-corrected chi connectivity index (χ3v) is 4.78. The van der Waals surface area contributed by atoms with Crippen molar-refractivity contribution in [2.75, 3.05) is 7.11 Å². The largest absolute Gasteiger partial charge is 0.496 e. The van der Waals surface area contributed by atoms with Gasteiger partial charge in [0, 0.05) is 12.5 Å². The highest BCUT2D eigenvalue weighted by Gasteiger charge is 2.43. The topological polar surface area (TPSA) is 95.2 Å². The number of aliphatic hydroxyl groups is 1. The number of Topliss-reactive ketones (excluding diaryl/α,β-unsaturated/α-hetero) is 1. The fourth-order valence-corrected chi connectivity index (χ4v) is 3.73. The van der Waals surface area contributed by atoms with E-state index in [9.17, 15) is 14.7 Å². The summed E-state index contributed by atoms with van der Waals surface area (Å²) in [7, 11) is 1.48. The minimum atomic E-state index is -1.23. The van der Waals surface area contributed by atoms with Crippen LogP contribution in [0.2, 0.25) is 0 Å². The van der Waals surface area contributed by atoms with Crippen LogP contribution in [0.4, 0.5) is 0 Å². The van der Waals surface area contributed by atoms with Gasteiger partial charge >= 0.3 is 5.63 Å². The van der Waals surface area contributed by atoms with E-state index in [1.807, 2.05) is 6.08 Å². The number of hydrogen-bond acceptors (Lipinski definition) is 7. The molecule has 3 heterocycles. The minimum Gasteiger partial charge on any atom is -0.496 e. The first kappa shape index (κ1) is 13.6. The Bertz CT molecular complexity index is 1000. The number of aliphatic hydroxyl groups excluding tert-OH is 1. The zero-order valence-electron chi connectivity index (χ0n) is 12.6. The van der Waals surface area contributed by atoms with Crippen molar-refractivity contribution in [3.8, 4) is 11.5 Å². The first-order valence-electron chi connectivity index (χ1n) is 7.51. The number of carbonyl (C=O) groups excluding carboxylic acids is 1. The van der Waals surface area contributed by atoms with Crippen LogP contribution in [0.15, 0.2) is 27.6 Å². The Balaban J connectivity index is 1.93. The van der Waals surface area contributed by atoms with Gasteiger partial charge in [-0.05, 0) is 11.6 Å². The van der Waals surface area contributed by atoms with Crippen molar-refractivity contribution in [2.45, 2.75) is 24.7 Å². The van der Waals surface area contributed by atoms with Gasteiger partial charge in [-0.2, -0.15) is 0 Å². The number of ether oxygens (including phenoxy) is 3. The maximum atomic E-state index is 12.3. The summed E-state index contributed by atoms with van der Waals surface area (Å²) < 4.78 is 22.0. The maximum absolute atomic E-state index is 12.3. The van der Waals surface area contributed by atoms with Crippen LogP contribution in [0.3, 0.4) is 0 Å². The van der Waals surface area contributed by atoms with Gasteiger partial charge in [0.25, 0.3) is 6.29 Å². The molecule has 1 aliphatic carbocycles. The highest BCUT2D eigenvalue weighted by atomic mass is 16.7. The second-order valence-electron chi connectivity index (χ2n) is 6.00. The number of carbonyl (C=O) groups is 1. The molecule has 7 heteroatoms. The van der Waals surface area contributed by atoms with Crippen molar-refractivity contribution in [1.29, 1.82) is 0 Å². The number of fused-ring (bicyclic) bond motifs is 7. The van der Waals surface area contributed by atoms with E-state index in [0.29, 0.717) is 33.6 Å². The van der Waals surface area contributed by atoms with Gasteiger partial charge in [0.2, 0.25) is 0 Å². The second kappa shape index (κ2) is 4.39. The molecule has 0 bridgehead atoms. The zero-order valence-corrected chi connectivity index (χ0v) is 12.6. The van der Waals surface area contributed by atoms with Crippen LogP contribution in [0.1, 0.15) is 27.4 Å². The average molecular weight is 328 g/mol. The molecule has 2 aliphatic heterocycles. The lowest BCUT2D eigenvalue weighted by molar-refractivity contribution is -0.00485. The monoisotopic (exact) mass is 328 g/mol. The van der Waals surface area contributed by atoms with Gasteiger partial charge in [-0.25, -0.2) is 4.79 Å². The molecule has 0 fully saturated rings. The summed E-state index contributed by atoms with van der Waals surface area (Å²) in [5.41, 5.74) is 0.628. The Labute approximate surface area is 135 Å². The maximum Gasteiger partial charge on any atom is 0.347 e. The van der Waals surface area contributed by atoms with Gasteiger partial charge in [0.05, 0.1) is 30.2 Å². The first-order valence-corrected chi connectivity index (χ1v) is 7.51. The zero-order chi connectivity index (χ0) is 16.6. The summed E-state index contributed by atoms with van der Waals surface area (Å²) in [6.07, 6.45) is 1.71. The predicted molar refractivity (Wildman–Crippen MR) is 80.5 cm³/mol. The molecule has 0 radical (unpaired) electrons. The molecular weight excluding hydrogens is 316 g/mol. The van der Waals surface area contributed by atoms with Crippen LogP contribution in [0.25, 0.3) is 11.0 Å². The Hall–Kier alpha value is -2.80. The number of rotatable bonds is 1. The molecule has 0 unspecified atom stereocenters. The Kier molecular flexibility index (Phi) is 2.49. The molecule has 0 saturated carbocycles. The quantitative estimate of drug-likeness (QED) is 0.787. The number of ketones is 1. The number of hydrogen-bond donors (Lipinski definition) is 1. The Morgan fingerprint density at radius 2 is 2.17 bits per heavy atom. The van der Waals surface area contributed by atoms with E-state index in [4.69, 9.17) is 18.6 Å². The van der Waals surface area contributed by atoms with E-state index in [0.717, 1.165) is 0 Å². The number of methoxy groups -OCH3 is 1. The van der Waals surface area contributed by atoms with Gasteiger partial charge in [-0.3, -0.25) is 4.79 Å². The van der Waals surface area contributed by atoms with E-state index >= 15 is 0 Å². The predicted octanol–water partition coefficient (Wildman–Crippen LogP) is 1.25. The van der Waals surface area contributed by atoms with Gasteiger partial charge in [-0.15, -0.1) is 0 Å². The van der Waals surface area contributed by atoms with E-state index in [2.05, 4.69) is 0 Å². The van der Waals surface area contributed by atoms with Gasteiger partial charge in [0.1, 0.15) is 28.7 Å². The summed E-state index contributed by atoms with van der Waals surface area (Å²) in [6.45, 7) is 0. The Morgan fingerprint density at radius 1 is 1.33 bits per heavy atom. The molecule has 0 saturated heterocycles. The molecule has 1 aromatic carbocycles. The van der Waals surface area contributed by atoms with Gasteiger partial charge in [0.15, 0.2) is 5.78 Å². The Morgan fingerprint density at radius 3 is 2.96 bits per heavy atom. The molecule has 1 aromatic heterocycles. The molecule has 5 rings (SSSR count). The van der Waals surface area contributed by atoms with Crippen molar-refractivity contribution < 1.29 is 28.5 Å². The van der Waals surface area contributed by atoms with Crippen LogP contribution in [0, 0.1) is 0 Å². The molecule has 3 atom stereocenters. The number of benzene rings is 1. The molecule has 1 N–H and O–H groups in total. The SMILES string of the molecule is COc1cc2c(c3oc(=O)c4c(c13)C[C@H](O)C4=O)[C@H]1C=CO[C@H]1O2. The lowest BCUT2D eigenvalue weighted by Gasteiger charge is -2.12. The molecule has 24 heavy (non-hydrogen) atoms. The van der Waals surface area contributed by atoms with Crippen LogP contribution in [-0.4, -0.2) is 30.4 Å². The van der Waals surface area contributed by atoms with Gasteiger partial charge in [-0.1, -0.05) is 0 Å². The molecule has 7 nitrogen and oxygen atoms in total. The average Bonchev–Trinajstić information content (AvgIpc) is 3.20. The smallest absolute Gasteiger partial charge is 0.347 e. The standard InChI is InChI=1S/C17H12O7/c1-21-9-5-10-11(6-2-3-22-17(6)23-10)15-12(9)7-4-8(18)14(19)13(7)16(20)24-15/h2-3,5-6,8,17-18H,4H2,1H3/t6-,8+,17+/m1/s1. The van der Waals surface area contributed by atoms with E-state index in [-0.39, 0.29) is 17.9 Å². The van der Waals surface area contributed by atoms with Crippen molar-refractivity contribution in [3.63, 3.8) is 0 Å². The van der Waals surface area contributed by atoms with Gasteiger partial charge < -0.3 is 23.7 Å². The summed E-state index contributed by atoms with van der Waals surface area (Å²) in [5.74, 6) is 0.138. The van der Waals surface area contributed by atoms with Crippen LogP contribution in [-0.2, 0) is 11.2 Å². The third-order valence-electron chi connectivity index (χ3n) is 4.78. The summed E-state index contributed by atoms with van der Waals surface area (Å²) in [6, 6.07) is 1.70. The van der Waals surface area contributed by atoms with E-state index in [1.54, 1.807) is 12.3 Å². The van der Waals surface area contributed by atoms with Crippen LogP contribution in [0.5, 0.6) is 11.5 Å². The van der Waals surface area contributed by atoms with Crippen LogP contribution < -0.4 is 15.1 Å². The fraction of sp³-hybridized carbons (Fsp3) is 0.294. The van der Waals surface area contributed by atoms with E-state index in [1.165, 1.54) is 7.11 Å². The highest BCUT2D eigenvalue weighted by Crippen LogP contribution is 2.50. The van der Waals surface area contributed by atoms with Crippen molar-refractivity contribution in [3.05, 3.63) is 45.5 Å². The fourth-order valence-electron chi connectivity index (χ4n) is 3.73. The lowest BCUT2D eigenvalue weighted by atomic mass is 9.95. The van der Waals surface area contributed by atoms with Crippen LogP contribution >= 0.6 is 0 Å². The normalized spacial score (nSPS) is 26.1. The van der Waals surface area contributed by atoms with Crippen molar-refractivity contribution in [2.24, 2.45) is 0 Å². The summed E-state index contributed by atoms with van der Waals surface area (Å²) in [4.78, 5) is 24.4. The second-order valence-corrected chi connectivity index (χ2v) is 6.00. The molecule has 122 valence electrons. The van der Waals surface area contributed by atoms with Crippen molar-refractivity contribution in [1.82, 2.24) is 0 Å². The minimum absolute atomic E-state index is 0.0622. The molecule has 0 spiro atoms. The third kappa shape index (κ3) is 1.50. The summed E-state index contributed by atoms with van der Waals surface area (Å²) in [5, 5.41) is 10.4. The first-order chi connectivity index (χ1) is 11.6. The van der Waals surface area contributed by atoms with E-state index < -0.39 is 23.8 Å². The highest BCUT2D eigenvalue weighted by molar-refractivity contribution is 6.08. The lowest BCUT2D eigenvalue weighted by Crippen LogP contribution is -2.19. The molecule has 3 aliphatic rings. The summed E-state index contributed by atoms with van der Waals surface area (Å²) >= 11 is 0. The molecular formula is C17H12O7. The molecule has 2 aromatic rings. The van der Waals surface area contributed by atoms with Crippen molar-refractivity contribution >= 4 is 16.8 Å².